The Morgan fingerprint density at radius 2 is 1.32 bits per heavy atom. The zero-order valence-corrected chi connectivity index (χ0v) is 22.7. The van der Waals surface area contributed by atoms with E-state index >= 15 is 0 Å². The van der Waals surface area contributed by atoms with E-state index in [-0.39, 0.29) is 5.41 Å². The fourth-order valence-corrected chi connectivity index (χ4v) is 6.85. The molecule has 0 N–H and O–H groups in total. The number of hydrogen-bond acceptors (Lipinski definition) is 1. The van der Waals surface area contributed by atoms with Gasteiger partial charge in [0.25, 0.3) is 0 Å². The number of aryl methyl sites for hydroxylation is 1. The zero-order chi connectivity index (χ0) is 24.1. The van der Waals surface area contributed by atoms with E-state index in [1.165, 1.54) is 127 Å². The fourth-order valence-electron chi connectivity index (χ4n) is 6.85. The van der Waals surface area contributed by atoms with Gasteiger partial charge >= 0.3 is 0 Å². The van der Waals surface area contributed by atoms with Crippen LogP contribution < -0.4 is 0 Å². The molecule has 0 atom stereocenters. The quantitative estimate of drug-likeness (QED) is 0.185. The van der Waals surface area contributed by atoms with Crippen molar-refractivity contribution in [2.75, 3.05) is 0 Å². The van der Waals surface area contributed by atoms with Gasteiger partial charge in [0.2, 0.25) is 0 Å². The average molecular weight is 467 g/mol. The molecule has 2 fully saturated rings. The molecule has 0 aromatic heterocycles. The van der Waals surface area contributed by atoms with Gasteiger partial charge in [0.1, 0.15) is 6.29 Å². The lowest BCUT2D eigenvalue weighted by atomic mass is 9.67. The second kappa shape index (κ2) is 15.1. The largest absolute Gasteiger partial charge is 0.303 e. The zero-order valence-electron chi connectivity index (χ0n) is 22.7. The summed E-state index contributed by atoms with van der Waals surface area (Å²) in [7, 11) is 0. The molecule has 0 amide bonds. The number of carbonyl (C=O) groups is 1. The van der Waals surface area contributed by atoms with Gasteiger partial charge in [-0.2, -0.15) is 0 Å². The molecule has 0 radical (unpaired) electrons. The Kier molecular flexibility index (Phi) is 12.2. The fraction of sp³-hybridized carbons (Fsp3) is 0.788. The maximum absolute atomic E-state index is 11.9. The Hall–Kier alpha value is -1.11. The molecule has 0 saturated heterocycles. The lowest BCUT2D eigenvalue weighted by molar-refractivity contribution is -0.118. The van der Waals surface area contributed by atoms with Crippen molar-refractivity contribution in [2.24, 2.45) is 17.3 Å². The Balaban J connectivity index is 1.34. The van der Waals surface area contributed by atoms with E-state index in [4.69, 9.17) is 0 Å². The third kappa shape index (κ3) is 8.83. The highest BCUT2D eigenvalue weighted by Crippen LogP contribution is 2.45. The number of hydrogen-bond donors (Lipinski definition) is 0. The van der Waals surface area contributed by atoms with Gasteiger partial charge in [-0.05, 0) is 73.8 Å². The van der Waals surface area contributed by atoms with Crippen LogP contribution in [0.1, 0.15) is 153 Å². The van der Waals surface area contributed by atoms with Crippen molar-refractivity contribution in [3.8, 4) is 0 Å². The topological polar surface area (TPSA) is 17.1 Å². The van der Waals surface area contributed by atoms with E-state index in [1.54, 1.807) is 0 Å². The number of rotatable bonds is 15. The first-order chi connectivity index (χ1) is 16.7. The van der Waals surface area contributed by atoms with Gasteiger partial charge in [0.05, 0.1) is 0 Å². The summed E-state index contributed by atoms with van der Waals surface area (Å²) in [6.45, 7) is 4.55. The van der Waals surface area contributed by atoms with Gasteiger partial charge in [-0.15, -0.1) is 0 Å². The molecule has 0 bridgehead atoms. The summed E-state index contributed by atoms with van der Waals surface area (Å²) in [5.74, 6) is 2.64. The van der Waals surface area contributed by atoms with Crippen LogP contribution in [0.15, 0.2) is 24.3 Å². The molecule has 0 aliphatic heterocycles. The molecule has 34 heavy (non-hydrogen) atoms. The van der Waals surface area contributed by atoms with Crippen LogP contribution in [0.25, 0.3) is 0 Å². The van der Waals surface area contributed by atoms with Crippen molar-refractivity contribution >= 4 is 6.29 Å². The van der Waals surface area contributed by atoms with Gasteiger partial charge in [0, 0.05) is 5.41 Å². The number of benzene rings is 1. The SMILES string of the molecule is CCCCCCC[C@H]1CC[C@H](CCc2ccc(C3CCC(C=O)(CCCCC)CC3)cc2)CC1. The minimum Gasteiger partial charge on any atom is -0.303 e. The highest BCUT2D eigenvalue weighted by molar-refractivity contribution is 5.59. The Labute approximate surface area is 211 Å². The summed E-state index contributed by atoms with van der Waals surface area (Å²) in [4.78, 5) is 11.9. The predicted molar refractivity (Wildman–Crippen MR) is 147 cm³/mol. The van der Waals surface area contributed by atoms with E-state index < -0.39 is 0 Å². The minimum absolute atomic E-state index is 0.0142. The third-order valence-electron chi connectivity index (χ3n) is 9.48. The molecule has 0 heterocycles. The molecule has 1 aromatic rings. The van der Waals surface area contributed by atoms with Crippen molar-refractivity contribution in [3.63, 3.8) is 0 Å². The maximum Gasteiger partial charge on any atom is 0.126 e. The van der Waals surface area contributed by atoms with Gasteiger partial charge in [-0.1, -0.05) is 122 Å². The number of aldehydes is 1. The lowest BCUT2D eigenvalue weighted by Crippen LogP contribution is -2.28. The second-order valence-electron chi connectivity index (χ2n) is 12.1. The molecule has 192 valence electrons. The third-order valence-corrected chi connectivity index (χ3v) is 9.48. The Morgan fingerprint density at radius 3 is 1.94 bits per heavy atom. The lowest BCUT2D eigenvalue weighted by Gasteiger charge is -2.36. The highest BCUT2D eigenvalue weighted by atomic mass is 16.1. The Morgan fingerprint density at radius 1 is 0.735 bits per heavy atom. The number of carbonyl (C=O) groups excluding carboxylic acids is 1. The van der Waals surface area contributed by atoms with Crippen molar-refractivity contribution in [1.29, 1.82) is 0 Å². The van der Waals surface area contributed by atoms with E-state index in [0.29, 0.717) is 5.92 Å². The molecule has 0 spiro atoms. The van der Waals surface area contributed by atoms with Crippen LogP contribution in [-0.4, -0.2) is 6.29 Å². The van der Waals surface area contributed by atoms with Gasteiger partial charge < -0.3 is 4.79 Å². The summed E-state index contributed by atoms with van der Waals surface area (Å²) in [5.41, 5.74) is 3.02. The predicted octanol–water partition coefficient (Wildman–Crippen LogP) is 10.2. The summed E-state index contributed by atoms with van der Waals surface area (Å²) in [5, 5.41) is 0. The highest BCUT2D eigenvalue weighted by Gasteiger charge is 2.35. The first kappa shape index (κ1) is 27.5. The maximum atomic E-state index is 11.9. The van der Waals surface area contributed by atoms with Crippen LogP contribution in [0.4, 0.5) is 0 Å². The molecule has 3 rings (SSSR count). The van der Waals surface area contributed by atoms with Crippen LogP contribution >= 0.6 is 0 Å². The molecular weight excluding hydrogens is 412 g/mol. The van der Waals surface area contributed by atoms with E-state index in [2.05, 4.69) is 38.1 Å². The van der Waals surface area contributed by atoms with Gasteiger partial charge in [-0.3, -0.25) is 0 Å². The standard InChI is InChI=1S/C33H54O/c1-3-5-7-8-9-11-28-12-14-29(15-13-28)16-17-30-18-20-31(21-19-30)32-22-25-33(27-34,26-23-32)24-10-6-4-2/h18-21,27-29,32H,3-17,22-26H2,1-2H3/t28-,29-,32?,33?. The van der Waals surface area contributed by atoms with Gasteiger partial charge in [-0.25, -0.2) is 0 Å². The molecule has 1 nitrogen and oxygen atoms in total. The molecule has 2 saturated carbocycles. The van der Waals surface area contributed by atoms with Crippen LogP contribution in [0.2, 0.25) is 0 Å². The molecule has 1 heteroatoms. The average Bonchev–Trinajstić information content (AvgIpc) is 2.89. The molecule has 1 aromatic carbocycles. The summed E-state index contributed by atoms with van der Waals surface area (Å²) >= 11 is 0. The molecule has 2 aliphatic carbocycles. The van der Waals surface area contributed by atoms with Crippen molar-refractivity contribution in [1.82, 2.24) is 0 Å². The van der Waals surface area contributed by atoms with Crippen molar-refractivity contribution in [2.45, 2.75) is 148 Å². The summed E-state index contributed by atoms with van der Waals surface area (Å²) in [6, 6.07) is 9.61. The van der Waals surface area contributed by atoms with Crippen LogP contribution in [-0.2, 0) is 11.2 Å². The Bertz CT molecular complexity index is 658. The van der Waals surface area contributed by atoms with E-state index in [0.717, 1.165) is 31.1 Å². The smallest absolute Gasteiger partial charge is 0.126 e. The summed E-state index contributed by atoms with van der Waals surface area (Å²) in [6.07, 6.45) is 27.9. The first-order valence-electron chi connectivity index (χ1n) is 15.2. The molecule has 2 aliphatic rings. The number of unbranched alkanes of at least 4 members (excludes halogenated alkanes) is 6. The minimum atomic E-state index is -0.0142. The monoisotopic (exact) mass is 466 g/mol. The van der Waals surface area contributed by atoms with E-state index in [9.17, 15) is 4.79 Å². The van der Waals surface area contributed by atoms with Crippen LogP contribution in [0.5, 0.6) is 0 Å². The summed E-state index contributed by atoms with van der Waals surface area (Å²) < 4.78 is 0. The van der Waals surface area contributed by atoms with Crippen LogP contribution in [0, 0.1) is 17.3 Å². The normalized spacial score (nSPS) is 27.5. The molecular formula is C33H54O. The van der Waals surface area contributed by atoms with E-state index in [1.807, 2.05) is 0 Å². The van der Waals surface area contributed by atoms with Crippen molar-refractivity contribution < 1.29 is 4.79 Å². The van der Waals surface area contributed by atoms with Crippen molar-refractivity contribution in [3.05, 3.63) is 35.4 Å². The first-order valence-corrected chi connectivity index (χ1v) is 15.2. The second-order valence-corrected chi connectivity index (χ2v) is 12.1. The van der Waals surface area contributed by atoms with Gasteiger partial charge in [0.15, 0.2) is 0 Å². The molecule has 0 unspecified atom stereocenters. The van der Waals surface area contributed by atoms with Crippen LogP contribution in [0.3, 0.4) is 0 Å².